The first-order chi connectivity index (χ1) is 9.07. The van der Waals surface area contributed by atoms with Crippen molar-refractivity contribution in [2.75, 3.05) is 6.54 Å². The normalized spacial score (nSPS) is 24.4. The molecule has 2 nitrogen and oxygen atoms in total. The minimum absolute atomic E-state index is 0.258. The van der Waals surface area contributed by atoms with Crippen molar-refractivity contribution in [1.82, 2.24) is 10.3 Å². The summed E-state index contributed by atoms with van der Waals surface area (Å²) >= 11 is 0. The van der Waals surface area contributed by atoms with Gasteiger partial charge in [0.2, 0.25) is 0 Å². The fourth-order valence-corrected chi connectivity index (χ4v) is 2.71. The first kappa shape index (κ1) is 14.3. The molecule has 1 aliphatic carbocycles. The highest BCUT2D eigenvalue weighted by atomic mass is 19.4. The molecule has 1 saturated carbocycles. The average molecular weight is 272 g/mol. The SMILES string of the molecule is FC(F)(F)C1CCCCC1NCCc1cccnc1. The Labute approximate surface area is 111 Å². The molecule has 0 aromatic carbocycles. The van der Waals surface area contributed by atoms with E-state index in [-0.39, 0.29) is 6.42 Å². The molecule has 1 aromatic rings. The lowest BCUT2D eigenvalue weighted by molar-refractivity contribution is -0.188. The molecule has 2 unspecified atom stereocenters. The second-order valence-electron chi connectivity index (χ2n) is 5.10. The molecule has 1 N–H and O–H groups in total. The van der Waals surface area contributed by atoms with E-state index in [0.717, 1.165) is 18.4 Å². The van der Waals surface area contributed by atoms with Crippen LogP contribution in [0.15, 0.2) is 24.5 Å². The molecule has 0 amide bonds. The smallest absolute Gasteiger partial charge is 0.313 e. The van der Waals surface area contributed by atoms with Crippen molar-refractivity contribution in [3.05, 3.63) is 30.1 Å². The first-order valence-electron chi connectivity index (χ1n) is 6.76. The summed E-state index contributed by atoms with van der Waals surface area (Å²) in [5.41, 5.74) is 1.05. The Bertz CT molecular complexity index is 378. The molecule has 0 radical (unpaired) electrons. The number of halogens is 3. The minimum atomic E-state index is -4.08. The van der Waals surface area contributed by atoms with Gasteiger partial charge in [-0.3, -0.25) is 4.98 Å². The minimum Gasteiger partial charge on any atom is -0.313 e. The van der Waals surface area contributed by atoms with Crippen molar-refractivity contribution in [1.29, 1.82) is 0 Å². The molecule has 5 heteroatoms. The number of nitrogens with zero attached hydrogens (tertiary/aromatic N) is 1. The van der Waals surface area contributed by atoms with Gasteiger partial charge in [0, 0.05) is 18.4 Å². The van der Waals surface area contributed by atoms with Crippen molar-refractivity contribution >= 4 is 0 Å². The van der Waals surface area contributed by atoms with Crippen LogP contribution in [0, 0.1) is 5.92 Å². The van der Waals surface area contributed by atoms with Crippen molar-refractivity contribution in [3.8, 4) is 0 Å². The summed E-state index contributed by atoms with van der Waals surface area (Å²) in [6.45, 7) is 0.572. The van der Waals surface area contributed by atoms with Crippen molar-refractivity contribution in [2.24, 2.45) is 5.92 Å². The fourth-order valence-electron chi connectivity index (χ4n) is 2.71. The number of aromatic nitrogens is 1. The average Bonchev–Trinajstić information content (AvgIpc) is 2.39. The Balaban J connectivity index is 1.83. The quantitative estimate of drug-likeness (QED) is 0.909. The highest BCUT2D eigenvalue weighted by Gasteiger charge is 2.45. The second kappa shape index (κ2) is 6.37. The molecule has 1 fully saturated rings. The number of hydrogen-bond donors (Lipinski definition) is 1. The van der Waals surface area contributed by atoms with Crippen LogP contribution < -0.4 is 5.32 Å². The lowest BCUT2D eigenvalue weighted by atomic mass is 9.84. The maximum atomic E-state index is 12.9. The van der Waals surface area contributed by atoms with Crippen molar-refractivity contribution < 1.29 is 13.2 Å². The van der Waals surface area contributed by atoms with Crippen LogP contribution in [0.4, 0.5) is 13.2 Å². The molecule has 0 aliphatic heterocycles. The summed E-state index contributed by atoms with van der Waals surface area (Å²) in [6, 6.07) is 3.36. The monoisotopic (exact) mass is 272 g/mol. The Morgan fingerprint density at radius 3 is 2.74 bits per heavy atom. The van der Waals surface area contributed by atoms with E-state index in [2.05, 4.69) is 10.3 Å². The van der Waals surface area contributed by atoms with Crippen LogP contribution in [-0.4, -0.2) is 23.7 Å². The molecule has 2 rings (SSSR count). The van der Waals surface area contributed by atoms with Crippen LogP contribution in [0.5, 0.6) is 0 Å². The van der Waals surface area contributed by atoms with Crippen molar-refractivity contribution in [2.45, 2.75) is 44.3 Å². The van der Waals surface area contributed by atoms with Gasteiger partial charge in [-0.25, -0.2) is 0 Å². The van der Waals surface area contributed by atoms with Gasteiger partial charge in [-0.2, -0.15) is 13.2 Å². The summed E-state index contributed by atoms with van der Waals surface area (Å²) in [7, 11) is 0. The third-order valence-electron chi connectivity index (χ3n) is 3.73. The molecule has 106 valence electrons. The Kier molecular flexibility index (Phi) is 4.80. The standard InChI is InChI=1S/C14H19F3N2/c15-14(16,17)12-5-1-2-6-13(12)19-9-7-11-4-3-8-18-10-11/h3-4,8,10,12-13,19H,1-2,5-7,9H2. The summed E-state index contributed by atoms with van der Waals surface area (Å²) in [5, 5.41) is 3.08. The van der Waals surface area contributed by atoms with Crippen LogP contribution in [-0.2, 0) is 6.42 Å². The van der Waals surface area contributed by atoms with Gasteiger partial charge in [-0.15, -0.1) is 0 Å². The first-order valence-corrected chi connectivity index (χ1v) is 6.76. The fraction of sp³-hybridized carbons (Fsp3) is 0.643. The van der Waals surface area contributed by atoms with Crippen LogP contribution in [0.3, 0.4) is 0 Å². The summed E-state index contributed by atoms with van der Waals surface area (Å²) in [5.74, 6) is -1.19. The number of nitrogens with one attached hydrogen (secondary N) is 1. The van der Waals surface area contributed by atoms with Gasteiger partial charge in [0.1, 0.15) is 0 Å². The summed E-state index contributed by atoms with van der Waals surface area (Å²) in [6.07, 6.45) is 2.54. The molecule has 2 atom stereocenters. The molecule has 0 saturated heterocycles. The van der Waals surface area contributed by atoms with Gasteiger partial charge in [0.15, 0.2) is 0 Å². The van der Waals surface area contributed by atoms with Crippen molar-refractivity contribution in [3.63, 3.8) is 0 Å². The summed E-state index contributed by atoms with van der Waals surface area (Å²) in [4.78, 5) is 4.00. The zero-order chi connectivity index (χ0) is 13.7. The van der Waals surface area contributed by atoms with Crippen LogP contribution in [0.1, 0.15) is 31.2 Å². The highest BCUT2D eigenvalue weighted by molar-refractivity contribution is 5.08. The Morgan fingerprint density at radius 1 is 1.26 bits per heavy atom. The van der Waals surface area contributed by atoms with Gasteiger partial charge in [0.25, 0.3) is 0 Å². The lowest BCUT2D eigenvalue weighted by Gasteiger charge is -2.33. The number of hydrogen-bond acceptors (Lipinski definition) is 2. The molecule has 19 heavy (non-hydrogen) atoms. The maximum absolute atomic E-state index is 12.9. The van der Waals surface area contributed by atoms with Gasteiger partial charge in [-0.05, 0) is 37.4 Å². The van der Waals surface area contributed by atoms with E-state index in [1.807, 2.05) is 12.1 Å². The predicted molar refractivity (Wildman–Crippen MR) is 67.7 cm³/mol. The molecular formula is C14H19F3N2. The van der Waals surface area contributed by atoms with Gasteiger partial charge < -0.3 is 5.32 Å². The number of rotatable bonds is 4. The van der Waals surface area contributed by atoms with Gasteiger partial charge in [-0.1, -0.05) is 18.9 Å². The molecule has 1 aliphatic rings. The maximum Gasteiger partial charge on any atom is 0.393 e. The van der Waals surface area contributed by atoms with Crippen LogP contribution >= 0.6 is 0 Å². The lowest BCUT2D eigenvalue weighted by Crippen LogP contribution is -2.46. The Hall–Kier alpha value is -1.10. The third kappa shape index (κ3) is 4.20. The summed E-state index contributed by atoms with van der Waals surface area (Å²) < 4.78 is 38.7. The topological polar surface area (TPSA) is 24.9 Å². The van der Waals surface area contributed by atoms with Crippen LogP contribution in [0.2, 0.25) is 0 Å². The predicted octanol–water partition coefficient (Wildman–Crippen LogP) is 3.33. The molecule has 1 heterocycles. The van der Waals surface area contributed by atoms with E-state index in [1.54, 1.807) is 12.4 Å². The van der Waals surface area contributed by atoms with Gasteiger partial charge in [0.05, 0.1) is 5.92 Å². The number of pyridine rings is 1. The molecule has 0 bridgehead atoms. The highest BCUT2D eigenvalue weighted by Crippen LogP contribution is 2.37. The number of alkyl halides is 3. The van der Waals surface area contributed by atoms with Crippen LogP contribution in [0.25, 0.3) is 0 Å². The van der Waals surface area contributed by atoms with E-state index in [1.165, 1.54) is 0 Å². The second-order valence-corrected chi connectivity index (χ2v) is 5.10. The van der Waals surface area contributed by atoms with E-state index in [9.17, 15) is 13.2 Å². The molecule has 1 aromatic heterocycles. The van der Waals surface area contributed by atoms with E-state index >= 15 is 0 Å². The van der Waals surface area contributed by atoms with E-state index in [0.29, 0.717) is 19.4 Å². The Morgan fingerprint density at radius 2 is 2.05 bits per heavy atom. The molecule has 0 spiro atoms. The van der Waals surface area contributed by atoms with E-state index in [4.69, 9.17) is 0 Å². The van der Waals surface area contributed by atoms with Gasteiger partial charge >= 0.3 is 6.18 Å². The largest absolute Gasteiger partial charge is 0.393 e. The third-order valence-corrected chi connectivity index (χ3v) is 3.73. The zero-order valence-corrected chi connectivity index (χ0v) is 10.8. The van der Waals surface area contributed by atoms with E-state index < -0.39 is 18.1 Å². The molecular weight excluding hydrogens is 253 g/mol. The zero-order valence-electron chi connectivity index (χ0n) is 10.8.